The lowest BCUT2D eigenvalue weighted by Crippen LogP contribution is -1.87. The first-order valence-electron chi connectivity index (χ1n) is 5.19. The van der Waals surface area contributed by atoms with Crippen LogP contribution < -0.4 is 4.74 Å². The number of aromatic nitrogens is 2. The molecular weight excluding hydrogens is 307 g/mol. The van der Waals surface area contributed by atoms with E-state index in [0.29, 0.717) is 21.3 Å². The van der Waals surface area contributed by atoms with E-state index >= 15 is 0 Å². The molecule has 0 spiro atoms. The molecule has 0 bridgehead atoms. The summed E-state index contributed by atoms with van der Waals surface area (Å²) in [5, 5.41) is 0.457. The van der Waals surface area contributed by atoms with E-state index in [1.807, 2.05) is 0 Å². The molecule has 1 heterocycles. The first-order chi connectivity index (χ1) is 8.22. The second kappa shape index (κ2) is 4.34. The molecule has 17 heavy (non-hydrogen) atoms. The van der Waals surface area contributed by atoms with Crippen molar-refractivity contribution >= 4 is 27.5 Å². The van der Waals surface area contributed by atoms with Gasteiger partial charge in [0, 0.05) is 23.5 Å². The van der Waals surface area contributed by atoms with E-state index < -0.39 is 0 Å². The van der Waals surface area contributed by atoms with Crippen molar-refractivity contribution in [2.75, 3.05) is 0 Å². The van der Waals surface area contributed by atoms with Crippen molar-refractivity contribution in [1.82, 2.24) is 9.36 Å². The number of rotatable bonds is 3. The molecule has 1 aromatic carbocycles. The van der Waals surface area contributed by atoms with Crippen molar-refractivity contribution in [1.29, 1.82) is 0 Å². The second-order valence-electron chi connectivity index (χ2n) is 3.87. The largest absolute Gasteiger partial charge is 0.429 e. The van der Waals surface area contributed by atoms with Crippen molar-refractivity contribution in [3.8, 4) is 10.9 Å². The Labute approximate surface area is 110 Å². The van der Waals surface area contributed by atoms with E-state index in [0.717, 1.165) is 18.7 Å². The maximum atomic E-state index is 13.1. The molecule has 0 saturated heterocycles. The molecular formula is C11H8BrFN2OS. The van der Waals surface area contributed by atoms with E-state index in [1.54, 1.807) is 6.07 Å². The predicted molar refractivity (Wildman–Crippen MR) is 66.1 cm³/mol. The third-order valence-electron chi connectivity index (χ3n) is 2.46. The van der Waals surface area contributed by atoms with Crippen molar-refractivity contribution in [2.24, 2.45) is 0 Å². The molecule has 6 heteroatoms. The van der Waals surface area contributed by atoms with E-state index in [4.69, 9.17) is 4.74 Å². The number of nitrogens with zero attached hydrogens (tertiary/aromatic N) is 2. The highest BCUT2D eigenvalue weighted by atomic mass is 79.9. The average molecular weight is 315 g/mol. The molecule has 0 unspecified atom stereocenters. The SMILES string of the molecule is Fc1ccc(Br)c(Oc2nc(C3CC3)ns2)c1. The maximum Gasteiger partial charge on any atom is 0.298 e. The van der Waals surface area contributed by atoms with Crippen LogP contribution in [-0.2, 0) is 0 Å². The Kier molecular flexibility index (Phi) is 2.84. The summed E-state index contributed by atoms with van der Waals surface area (Å²) in [6.45, 7) is 0. The second-order valence-corrected chi connectivity index (χ2v) is 5.44. The lowest BCUT2D eigenvalue weighted by molar-refractivity contribution is 0.468. The topological polar surface area (TPSA) is 35.0 Å². The van der Waals surface area contributed by atoms with E-state index in [-0.39, 0.29) is 5.82 Å². The highest BCUT2D eigenvalue weighted by Crippen LogP contribution is 2.40. The van der Waals surface area contributed by atoms with Gasteiger partial charge in [0.15, 0.2) is 0 Å². The van der Waals surface area contributed by atoms with Crippen LogP contribution in [0.5, 0.6) is 10.9 Å². The lowest BCUT2D eigenvalue weighted by atomic mass is 10.3. The summed E-state index contributed by atoms with van der Waals surface area (Å²) < 4.78 is 23.5. The van der Waals surface area contributed by atoms with Crippen LogP contribution in [0.3, 0.4) is 0 Å². The molecule has 1 fully saturated rings. The van der Waals surface area contributed by atoms with Gasteiger partial charge in [0.25, 0.3) is 5.19 Å². The molecule has 2 aromatic rings. The van der Waals surface area contributed by atoms with Crippen LogP contribution >= 0.6 is 27.5 Å². The van der Waals surface area contributed by atoms with Gasteiger partial charge in [0.2, 0.25) is 0 Å². The normalized spacial score (nSPS) is 14.9. The van der Waals surface area contributed by atoms with E-state index in [2.05, 4.69) is 25.3 Å². The minimum absolute atomic E-state index is 0.338. The fraction of sp³-hybridized carbons (Fsp3) is 0.273. The van der Waals surface area contributed by atoms with Crippen LogP contribution in [0, 0.1) is 5.82 Å². The Bertz CT molecular complexity index is 556. The molecule has 88 valence electrons. The Morgan fingerprint density at radius 3 is 3.00 bits per heavy atom. The number of hydrogen-bond acceptors (Lipinski definition) is 4. The number of ether oxygens (including phenoxy) is 1. The number of halogens is 2. The van der Waals surface area contributed by atoms with Crippen LogP contribution in [0.4, 0.5) is 4.39 Å². The molecule has 0 radical (unpaired) electrons. The van der Waals surface area contributed by atoms with Gasteiger partial charge in [-0.1, -0.05) is 0 Å². The fourth-order valence-corrected chi connectivity index (χ4v) is 2.37. The Hall–Kier alpha value is -1.01. The average Bonchev–Trinajstić information content (AvgIpc) is 3.05. The Morgan fingerprint density at radius 2 is 2.24 bits per heavy atom. The molecule has 1 saturated carbocycles. The van der Waals surface area contributed by atoms with Crippen molar-refractivity contribution in [2.45, 2.75) is 18.8 Å². The van der Waals surface area contributed by atoms with Gasteiger partial charge in [-0.05, 0) is 40.9 Å². The molecule has 3 nitrogen and oxygen atoms in total. The van der Waals surface area contributed by atoms with Crippen molar-refractivity contribution < 1.29 is 9.13 Å². The van der Waals surface area contributed by atoms with Gasteiger partial charge in [0.05, 0.1) is 4.47 Å². The highest BCUT2D eigenvalue weighted by Gasteiger charge is 2.28. The summed E-state index contributed by atoms with van der Waals surface area (Å²) in [6, 6.07) is 4.29. The van der Waals surface area contributed by atoms with Gasteiger partial charge in [-0.25, -0.2) is 4.39 Å². The minimum atomic E-state index is -0.338. The molecule has 1 aromatic heterocycles. The van der Waals surface area contributed by atoms with Gasteiger partial charge in [-0.15, -0.1) is 0 Å². The highest BCUT2D eigenvalue weighted by molar-refractivity contribution is 9.10. The molecule has 3 rings (SSSR count). The lowest BCUT2D eigenvalue weighted by Gasteiger charge is -2.03. The zero-order valence-electron chi connectivity index (χ0n) is 8.69. The van der Waals surface area contributed by atoms with Crippen molar-refractivity contribution in [3.63, 3.8) is 0 Å². The zero-order chi connectivity index (χ0) is 11.8. The summed E-state index contributed by atoms with van der Waals surface area (Å²) in [5.41, 5.74) is 0. The fourth-order valence-electron chi connectivity index (χ4n) is 1.42. The van der Waals surface area contributed by atoms with Crippen LogP contribution in [0.25, 0.3) is 0 Å². The Balaban J connectivity index is 1.82. The molecule has 0 aliphatic heterocycles. The third-order valence-corrected chi connectivity index (χ3v) is 3.72. The predicted octanol–water partition coefficient (Wildman–Crippen LogP) is 4.11. The van der Waals surface area contributed by atoms with Crippen LogP contribution in [0.1, 0.15) is 24.6 Å². The summed E-state index contributed by atoms with van der Waals surface area (Å²) in [5.74, 6) is 1.43. The first-order valence-corrected chi connectivity index (χ1v) is 6.75. The van der Waals surface area contributed by atoms with Gasteiger partial charge >= 0.3 is 0 Å². The smallest absolute Gasteiger partial charge is 0.298 e. The quantitative estimate of drug-likeness (QED) is 0.855. The zero-order valence-corrected chi connectivity index (χ0v) is 11.1. The van der Waals surface area contributed by atoms with Gasteiger partial charge in [-0.3, -0.25) is 0 Å². The monoisotopic (exact) mass is 314 g/mol. The molecule has 1 aliphatic rings. The van der Waals surface area contributed by atoms with Crippen molar-refractivity contribution in [3.05, 3.63) is 34.3 Å². The molecule has 0 atom stereocenters. The number of hydrogen-bond donors (Lipinski definition) is 0. The molecule has 0 amide bonds. The standard InChI is InChI=1S/C11H8BrFN2OS/c12-8-4-3-7(13)5-9(8)16-11-14-10(15-17-11)6-1-2-6/h3-6H,1-2H2. The summed E-state index contributed by atoms with van der Waals surface area (Å²) in [7, 11) is 0. The van der Waals surface area contributed by atoms with Crippen LogP contribution in [0.15, 0.2) is 22.7 Å². The Morgan fingerprint density at radius 1 is 1.41 bits per heavy atom. The molecule has 1 aliphatic carbocycles. The summed E-state index contributed by atoms with van der Waals surface area (Å²) in [6.07, 6.45) is 2.31. The molecule has 0 N–H and O–H groups in total. The van der Waals surface area contributed by atoms with Crippen LogP contribution in [0.2, 0.25) is 0 Å². The van der Waals surface area contributed by atoms with E-state index in [9.17, 15) is 4.39 Å². The first kappa shape index (κ1) is 11.1. The van der Waals surface area contributed by atoms with Gasteiger partial charge in [-0.2, -0.15) is 9.36 Å². The third kappa shape index (κ3) is 2.47. The summed E-state index contributed by atoms with van der Waals surface area (Å²) in [4.78, 5) is 4.28. The minimum Gasteiger partial charge on any atom is -0.429 e. The summed E-state index contributed by atoms with van der Waals surface area (Å²) >= 11 is 4.50. The van der Waals surface area contributed by atoms with Gasteiger partial charge in [0.1, 0.15) is 17.4 Å². The van der Waals surface area contributed by atoms with Gasteiger partial charge < -0.3 is 4.74 Å². The van der Waals surface area contributed by atoms with Crippen LogP contribution in [-0.4, -0.2) is 9.36 Å². The van der Waals surface area contributed by atoms with E-state index in [1.165, 1.54) is 23.7 Å². The number of benzene rings is 1. The maximum absolute atomic E-state index is 13.1.